The molecule has 0 fully saturated rings. The fourth-order valence-corrected chi connectivity index (χ4v) is 4.52. The molecule has 0 heterocycles. The molecule has 0 aliphatic heterocycles. The predicted octanol–water partition coefficient (Wildman–Crippen LogP) is 4.36. The summed E-state index contributed by atoms with van der Waals surface area (Å²) in [7, 11) is -4.03. The standard InChI is InChI=1S/C23H22BrFN2O3S/c1-16(18-7-9-19(24)10-8-18)26-23(28)22(15-17-5-3-2-4-6-17)27-31(29,30)21-13-11-20(25)12-14-21/h2-14,16,22,27H,15H2,1H3,(H,26,28)/t16-,22+/m1/s1. The Kier molecular flexibility index (Phi) is 7.59. The maximum Gasteiger partial charge on any atom is 0.241 e. The van der Waals surface area contributed by atoms with Crippen molar-refractivity contribution in [3.05, 3.63) is 100 Å². The Balaban J connectivity index is 1.82. The number of nitrogens with one attached hydrogen (secondary N) is 2. The van der Waals surface area contributed by atoms with Gasteiger partial charge in [0.1, 0.15) is 11.9 Å². The van der Waals surface area contributed by atoms with Crippen molar-refractivity contribution >= 4 is 31.9 Å². The minimum absolute atomic E-state index is 0.110. The maximum absolute atomic E-state index is 13.2. The lowest BCUT2D eigenvalue weighted by Crippen LogP contribution is -2.48. The van der Waals surface area contributed by atoms with Crippen LogP contribution in [0.5, 0.6) is 0 Å². The van der Waals surface area contributed by atoms with Gasteiger partial charge in [0.15, 0.2) is 0 Å². The second-order valence-electron chi connectivity index (χ2n) is 7.10. The quantitative estimate of drug-likeness (QED) is 0.478. The van der Waals surface area contributed by atoms with Crippen LogP contribution in [0, 0.1) is 5.82 Å². The summed E-state index contributed by atoms with van der Waals surface area (Å²) >= 11 is 3.38. The van der Waals surface area contributed by atoms with Crippen molar-refractivity contribution < 1.29 is 17.6 Å². The van der Waals surface area contributed by atoms with Gasteiger partial charge in [-0.3, -0.25) is 4.79 Å². The van der Waals surface area contributed by atoms with Crippen LogP contribution in [0.3, 0.4) is 0 Å². The van der Waals surface area contributed by atoms with Crippen molar-refractivity contribution in [3.8, 4) is 0 Å². The summed E-state index contributed by atoms with van der Waals surface area (Å²) in [5, 5.41) is 2.88. The van der Waals surface area contributed by atoms with E-state index in [9.17, 15) is 17.6 Å². The van der Waals surface area contributed by atoms with Crippen molar-refractivity contribution in [2.24, 2.45) is 0 Å². The molecule has 0 aliphatic carbocycles. The summed E-state index contributed by atoms with van der Waals surface area (Å²) in [6.45, 7) is 1.83. The normalized spacial score (nSPS) is 13.4. The highest BCUT2D eigenvalue weighted by molar-refractivity contribution is 9.10. The molecule has 8 heteroatoms. The van der Waals surface area contributed by atoms with Gasteiger partial charge in [0, 0.05) is 4.47 Å². The van der Waals surface area contributed by atoms with Crippen molar-refractivity contribution in [1.82, 2.24) is 10.0 Å². The van der Waals surface area contributed by atoms with Crippen LogP contribution < -0.4 is 10.0 Å². The van der Waals surface area contributed by atoms with E-state index in [1.807, 2.05) is 61.5 Å². The van der Waals surface area contributed by atoms with E-state index in [1.54, 1.807) is 0 Å². The van der Waals surface area contributed by atoms with E-state index < -0.39 is 27.8 Å². The molecule has 1 amide bonds. The molecule has 3 aromatic rings. The SMILES string of the molecule is C[C@@H](NC(=O)[C@H](Cc1ccccc1)NS(=O)(=O)c1ccc(F)cc1)c1ccc(Br)cc1. The molecule has 0 bridgehead atoms. The third-order valence-corrected chi connectivity index (χ3v) is 6.77. The Bertz CT molecular complexity index is 1120. The Hall–Kier alpha value is -2.55. The van der Waals surface area contributed by atoms with Crippen LogP contribution in [0.2, 0.25) is 0 Å². The molecule has 162 valence electrons. The lowest BCUT2D eigenvalue weighted by Gasteiger charge is -2.22. The molecular weight excluding hydrogens is 483 g/mol. The third-order valence-electron chi connectivity index (χ3n) is 4.75. The number of sulfonamides is 1. The first-order chi connectivity index (χ1) is 14.7. The average Bonchev–Trinajstić information content (AvgIpc) is 2.74. The molecule has 0 spiro atoms. The van der Waals surface area contributed by atoms with Gasteiger partial charge >= 0.3 is 0 Å². The minimum atomic E-state index is -4.03. The smallest absolute Gasteiger partial charge is 0.241 e. The molecule has 3 rings (SSSR count). The number of amides is 1. The maximum atomic E-state index is 13.2. The number of halogens is 2. The molecule has 2 N–H and O–H groups in total. The Morgan fingerprint density at radius 1 is 0.968 bits per heavy atom. The van der Waals surface area contributed by atoms with E-state index >= 15 is 0 Å². The van der Waals surface area contributed by atoms with Gasteiger partial charge in [-0.15, -0.1) is 0 Å². The van der Waals surface area contributed by atoms with Crippen molar-refractivity contribution in [3.63, 3.8) is 0 Å². The average molecular weight is 505 g/mol. The fourth-order valence-electron chi connectivity index (χ4n) is 3.06. The lowest BCUT2D eigenvalue weighted by atomic mass is 10.0. The molecule has 2 atom stereocenters. The highest BCUT2D eigenvalue weighted by Gasteiger charge is 2.27. The van der Waals surface area contributed by atoms with Gasteiger partial charge in [0.05, 0.1) is 10.9 Å². The third kappa shape index (κ3) is 6.46. The van der Waals surface area contributed by atoms with E-state index in [0.717, 1.165) is 27.7 Å². The number of carbonyl (C=O) groups excluding carboxylic acids is 1. The molecular formula is C23H22BrFN2O3S. The Morgan fingerprint density at radius 3 is 2.19 bits per heavy atom. The largest absolute Gasteiger partial charge is 0.348 e. The molecule has 5 nitrogen and oxygen atoms in total. The Labute approximate surface area is 189 Å². The van der Waals surface area contributed by atoms with Crippen LogP contribution in [-0.2, 0) is 21.2 Å². The molecule has 0 saturated carbocycles. The van der Waals surface area contributed by atoms with Crippen LogP contribution in [0.4, 0.5) is 4.39 Å². The number of hydrogen-bond donors (Lipinski definition) is 2. The second kappa shape index (κ2) is 10.2. The van der Waals surface area contributed by atoms with Crippen LogP contribution in [0.15, 0.2) is 88.2 Å². The molecule has 0 aromatic heterocycles. The zero-order valence-corrected chi connectivity index (χ0v) is 19.2. The van der Waals surface area contributed by atoms with Crippen LogP contribution in [-0.4, -0.2) is 20.4 Å². The van der Waals surface area contributed by atoms with Crippen molar-refractivity contribution in [2.45, 2.75) is 30.3 Å². The van der Waals surface area contributed by atoms with Gasteiger partial charge in [-0.1, -0.05) is 58.4 Å². The van der Waals surface area contributed by atoms with Crippen LogP contribution in [0.1, 0.15) is 24.1 Å². The van der Waals surface area contributed by atoms with Gasteiger partial charge in [-0.05, 0) is 60.9 Å². The van der Waals surface area contributed by atoms with Gasteiger partial charge in [0.25, 0.3) is 0 Å². The highest BCUT2D eigenvalue weighted by atomic mass is 79.9. The summed E-state index contributed by atoms with van der Waals surface area (Å²) in [5.74, 6) is -0.995. The number of benzene rings is 3. The number of rotatable bonds is 8. The second-order valence-corrected chi connectivity index (χ2v) is 9.73. The zero-order valence-electron chi connectivity index (χ0n) is 16.8. The molecule has 0 unspecified atom stereocenters. The van der Waals surface area contributed by atoms with E-state index in [4.69, 9.17) is 0 Å². The minimum Gasteiger partial charge on any atom is -0.348 e. The van der Waals surface area contributed by atoms with Crippen molar-refractivity contribution in [1.29, 1.82) is 0 Å². The van der Waals surface area contributed by atoms with E-state index in [1.165, 1.54) is 12.1 Å². The van der Waals surface area contributed by atoms with E-state index in [2.05, 4.69) is 26.0 Å². The monoisotopic (exact) mass is 504 g/mol. The lowest BCUT2D eigenvalue weighted by molar-refractivity contribution is -0.123. The predicted molar refractivity (Wildman–Crippen MR) is 121 cm³/mol. The molecule has 0 aliphatic rings. The summed E-state index contributed by atoms with van der Waals surface area (Å²) in [5.41, 5.74) is 1.69. The topological polar surface area (TPSA) is 75.3 Å². The number of hydrogen-bond acceptors (Lipinski definition) is 3. The fraction of sp³-hybridized carbons (Fsp3) is 0.174. The van der Waals surface area contributed by atoms with Crippen LogP contribution in [0.25, 0.3) is 0 Å². The summed E-state index contributed by atoms with van der Waals surface area (Å²) in [4.78, 5) is 12.9. The summed E-state index contributed by atoms with van der Waals surface area (Å²) in [6.07, 6.45) is 0.167. The highest BCUT2D eigenvalue weighted by Crippen LogP contribution is 2.18. The summed E-state index contributed by atoms with van der Waals surface area (Å²) in [6, 6.07) is 19.7. The summed E-state index contributed by atoms with van der Waals surface area (Å²) < 4.78 is 42.2. The van der Waals surface area contributed by atoms with E-state index in [-0.39, 0.29) is 17.4 Å². The first kappa shape index (κ1) is 23.1. The first-order valence-electron chi connectivity index (χ1n) is 9.62. The van der Waals surface area contributed by atoms with E-state index in [0.29, 0.717) is 0 Å². The van der Waals surface area contributed by atoms with Gasteiger partial charge in [-0.2, -0.15) is 4.72 Å². The molecule has 0 radical (unpaired) electrons. The first-order valence-corrected chi connectivity index (χ1v) is 11.9. The number of carbonyl (C=O) groups is 1. The van der Waals surface area contributed by atoms with Gasteiger partial charge in [0.2, 0.25) is 15.9 Å². The van der Waals surface area contributed by atoms with Crippen molar-refractivity contribution in [2.75, 3.05) is 0 Å². The molecule has 3 aromatic carbocycles. The Morgan fingerprint density at radius 2 is 1.58 bits per heavy atom. The zero-order chi connectivity index (χ0) is 22.4. The van der Waals surface area contributed by atoms with Gasteiger partial charge < -0.3 is 5.32 Å². The molecule has 31 heavy (non-hydrogen) atoms. The van der Waals surface area contributed by atoms with Crippen LogP contribution >= 0.6 is 15.9 Å². The molecule has 0 saturated heterocycles. The van der Waals surface area contributed by atoms with Gasteiger partial charge in [-0.25, -0.2) is 12.8 Å².